The normalized spacial score (nSPS) is 23.5. The average Bonchev–Trinajstić information content (AvgIpc) is 2.49. The fourth-order valence-corrected chi connectivity index (χ4v) is 3.42. The van der Waals surface area contributed by atoms with Crippen LogP contribution in [-0.4, -0.2) is 30.6 Å². The summed E-state index contributed by atoms with van der Waals surface area (Å²) in [5.41, 5.74) is 9.22. The number of benzene rings is 1. The van der Waals surface area contributed by atoms with Gasteiger partial charge in [0.1, 0.15) is 5.75 Å². The highest BCUT2D eigenvalue weighted by Crippen LogP contribution is 2.34. The number of methoxy groups -OCH3 is 1. The van der Waals surface area contributed by atoms with E-state index >= 15 is 0 Å². The maximum Gasteiger partial charge on any atom is 0.119 e. The first-order valence-electron chi connectivity index (χ1n) is 7.80. The fraction of sp³-hybridized carbons (Fsp3) is 0.647. The van der Waals surface area contributed by atoms with E-state index in [0.29, 0.717) is 12.1 Å². The summed E-state index contributed by atoms with van der Waals surface area (Å²) in [7, 11) is 1.72. The van der Waals surface area contributed by atoms with Crippen molar-refractivity contribution in [2.24, 2.45) is 5.73 Å². The van der Waals surface area contributed by atoms with Crippen LogP contribution in [0.15, 0.2) is 18.2 Å². The summed E-state index contributed by atoms with van der Waals surface area (Å²) in [6.07, 6.45) is 3.41. The number of rotatable bonds is 5. The van der Waals surface area contributed by atoms with Gasteiger partial charge in [-0.1, -0.05) is 19.9 Å². The molecule has 0 amide bonds. The molecule has 112 valence electrons. The van der Waals surface area contributed by atoms with Crippen LogP contribution in [0.25, 0.3) is 0 Å². The van der Waals surface area contributed by atoms with Crippen LogP contribution in [-0.2, 0) is 6.42 Å². The number of nitrogens with zero attached hydrogens (tertiary/aromatic N) is 1. The van der Waals surface area contributed by atoms with Crippen molar-refractivity contribution in [2.75, 3.05) is 13.7 Å². The third kappa shape index (κ3) is 2.84. The van der Waals surface area contributed by atoms with Crippen molar-refractivity contribution in [3.8, 4) is 5.75 Å². The van der Waals surface area contributed by atoms with E-state index in [-0.39, 0.29) is 6.04 Å². The van der Waals surface area contributed by atoms with Crippen molar-refractivity contribution < 1.29 is 4.74 Å². The summed E-state index contributed by atoms with van der Waals surface area (Å²) in [4.78, 5) is 2.57. The molecule has 0 bridgehead atoms. The molecular weight excluding hydrogens is 248 g/mol. The van der Waals surface area contributed by atoms with Gasteiger partial charge in [0.05, 0.1) is 7.11 Å². The fourth-order valence-electron chi connectivity index (χ4n) is 3.42. The van der Waals surface area contributed by atoms with E-state index in [1.165, 1.54) is 17.5 Å². The molecule has 3 nitrogen and oxygen atoms in total. The maximum absolute atomic E-state index is 6.57. The van der Waals surface area contributed by atoms with Gasteiger partial charge in [0.15, 0.2) is 0 Å². The smallest absolute Gasteiger partial charge is 0.119 e. The standard InChI is InChI=1S/C17H28N2O/c1-5-12(3)19(6-2)16-10-7-13-11-14(20-4)8-9-15(13)17(16)18/h8-9,11-12,16-17H,5-7,10,18H2,1-4H3. The van der Waals surface area contributed by atoms with Crippen molar-refractivity contribution in [3.05, 3.63) is 29.3 Å². The average molecular weight is 276 g/mol. The van der Waals surface area contributed by atoms with E-state index in [1.807, 2.05) is 6.07 Å². The van der Waals surface area contributed by atoms with Crippen molar-refractivity contribution in [1.29, 1.82) is 0 Å². The second-order valence-corrected chi connectivity index (χ2v) is 5.78. The molecule has 20 heavy (non-hydrogen) atoms. The maximum atomic E-state index is 6.57. The van der Waals surface area contributed by atoms with Gasteiger partial charge in [0.25, 0.3) is 0 Å². The van der Waals surface area contributed by atoms with E-state index in [0.717, 1.165) is 25.1 Å². The van der Waals surface area contributed by atoms with Gasteiger partial charge in [-0.3, -0.25) is 4.90 Å². The largest absolute Gasteiger partial charge is 0.497 e. The Balaban J connectivity index is 2.24. The lowest BCUT2D eigenvalue weighted by molar-refractivity contribution is 0.115. The zero-order valence-corrected chi connectivity index (χ0v) is 13.2. The molecule has 0 radical (unpaired) electrons. The minimum absolute atomic E-state index is 0.110. The lowest BCUT2D eigenvalue weighted by atomic mass is 9.83. The summed E-state index contributed by atoms with van der Waals surface area (Å²) in [5, 5.41) is 0. The molecule has 3 atom stereocenters. The lowest BCUT2D eigenvalue weighted by Crippen LogP contribution is -2.49. The minimum atomic E-state index is 0.110. The van der Waals surface area contributed by atoms with Crippen molar-refractivity contribution >= 4 is 0 Å². The Morgan fingerprint density at radius 1 is 1.40 bits per heavy atom. The summed E-state index contributed by atoms with van der Waals surface area (Å²) >= 11 is 0. The number of ether oxygens (including phenoxy) is 1. The van der Waals surface area contributed by atoms with Gasteiger partial charge in [0, 0.05) is 18.1 Å². The van der Waals surface area contributed by atoms with Crippen molar-refractivity contribution in [3.63, 3.8) is 0 Å². The number of nitrogens with two attached hydrogens (primary N) is 1. The molecular formula is C17H28N2O. The number of hydrogen-bond acceptors (Lipinski definition) is 3. The molecule has 0 aliphatic heterocycles. The first-order chi connectivity index (χ1) is 9.62. The number of aryl methyl sites for hydroxylation is 1. The van der Waals surface area contributed by atoms with E-state index in [1.54, 1.807) is 7.11 Å². The van der Waals surface area contributed by atoms with E-state index in [4.69, 9.17) is 10.5 Å². The Kier molecular flexibility index (Phi) is 5.06. The molecule has 0 heterocycles. The third-order valence-corrected chi connectivity index (χ3v) is 4.78. The molecule has 0 fully saturated rings. The predicted octanol–water partition coefficient (Wildman–Crippen LogP) is 3.13. The molecule has 3 heteroatoms. The molecule has 2 rings (SSSR count). The number of fused-ring (bicyclic) bond motifs is 1. The van der Waals surface area contributed by atoms with Gasteiger partial charge in [-0.25, -0.2) is 0 Å². The topological polar surface area (TPSA) is 38.5 Å². The first-order valence-corrected chi connectivity index (χ1v) is 7.80. The van der Waals surface area contributed by atoms with Crippen molar-refractivity contribution in [1.82, 2.24) is 4.90 Å². The highest BCUT2D eigenvalue weighted by atomic mass is 16.5. The van der Waals surface area contributed by atoms with Gasteiger partial charge < -0.3 is 10.5 Å². The Labute approximate surface area is 123 Å². The van der Waals surface area contributed by atoms with E-state index in [9.17, 15) is 0 Å². The van der Waals surface area contributed by atoms with Crippen LogP contribution in [0, 0.1) is 0 Å². The zero-order chi connectivity index (χ0) is 14.7. The van der Waals surface area contributed by atoms with Crippen LogP contribution in [0.5, 0.6) is 5.75 Å². The summed E-state index contributed by atoms with van der Waals surface area (Å²) in [6, 6.07) is 7.48. The molecule has 1 aromatic carbocycles. The minimum Gasteiger partial charge on any atom is -0.497 e. The van der Waals surface area contributed by atoms with Crippen LogP contribution < -0.4 is 10.5 Å². The van der Waals surface area contributed by atoms with Crippen LogP contribution >= 0.6 is 0 Å². The predicted molar refractivity (Wildman–Crippen MR) is 84.2 cm³/mol. The first kappa shape index (κ1) is 15.3. The van der Waals surface area contributed by atoms with E-state index < -0.39 is 0 Å². The molecule has 1 aromatic rings. The lowest BCUT2D eigenvalue weighted by Gasteiger charge is -2.42. The number of likely N-dealkylation sites (N-methyl/N-ethyl adjacent to an activating group) is 1. The molecule has 3 unspecified atom stereocenters. The summed E-state index contributed by atoms with van der Waals surface area (Å²) in [5.74, 6) is 0.934. The van der Waals surface area contributed by atoms with Gasteiger partial charge in [-0.15, -0.1) is 0 Å². The quantitative estimate of drug-likeness (QED) is 0.898. The number of hydrogen-bond donors (Lipinski definition) is 1. The van der Waals surface area contributed by atoms with Gasteiger partial charge in [-0.05, 0) is 56.0 Å². The molecule has 0 aromatic heterocycles. The Bertz CT molecular complexity index is 447. The van der Waals surface area contributed by atoms with Gasteiger partial charge in [-0.2, -0.15) is 0 Å². The van der Waals surface area contributed by atoms with E-state index in [2.05, 4.69) is 37.8 Å². The molecule has 1 aliphatic carbocycles. The molecule has 0 saturated heterocycles. The monoisotopic (exact) mass is 276 g/mol. The van der Waals surface area contributed by atoms with Crippen LogP contribution in [0.3, 0.4) is 0 Å². The molecule has 0 saturated carbocycles. The Morgan fingerprint density at radius 2 is 2.15 bits per heavy atom. The van der Waals surface area contributed by atoms with Crippen molar-refractivity contribution in [2.45, 2.75) is 58.2 Å². The SMILES string of the molecule is CCC(C)N(CC)C1CCc2cc(OC)ccc2C1N. The molecule has 2 N–H and O–H groups in total. The highest BCUT2D eigenvalue weighted by Gasteiger charge is 2.32. The second-order valence-electron chi connectivity index (χ2n) is 5.78. The third-order valence-electron chi connectivity index (χ3n) is 4.78. The Morgan fingerprint density at radius 3 is 2.75 bits per heavy atom. The Hall–Kier alpha value is -1.06. The summed E-state index contributed by atoms with van der Waals surface area (Å²) < 4.78 is 5.32. The van der Waals surface area contributed by atoms with Crippen LogP contribution in [0.2, 0.25) is 0 Å². The van der Waals surface area contributed by atoms with Crippen LogP contribution in [0.4, 0.5) is 0 Å². The highest BCUT2D eigenvalue weighted by molar-refractivity contribution is 5.40. The van der Waals surface area contributed by atoms with Gasteiger partial charge in [0.2, 0.25) is 0 Å². The van der Waals surface area contributed by atoms with Gasteiger partial charge >= 0.3 is 0 Å². The second kappa shape index (κ2) is 6.59. The van der Waals surface area contributed by atoms with Crippen LogP contribution in [0.1, 0.15) is 50.8 Å². The zero-order valence-electron chi connectivity index (χ0n) is 13.2. The molecule has 0 spiro atoms. The summed E-state index contributed by atoms with van der Waals surface area (Å²) in [6.45, 7) is 7.86. The molecule has 1 aliphatic rings.